The highest BCUT2D eigenvalue weighted by molar-refractivity contribution is 5.95. The number of carbonyl (C=O) groups excluding carboxylic acids is 2. The van der Waals surface area contributed by atoms with Crippen LogP contribution in [0.15, 0.2) is 24.3 Å². The van der Waals surface area contributed by atoms with Gasteiger partial charge in [-0.1, -0.05) is 0 Å². The van der Waals surface area contributed by atoms with Crippen LogP contribution in [0.2, 0.25) is 0 Å². The molecule has 0 aliphatic heterocycles. The molecule has 0 aromatic heterocycles. The first-order valence-electron chi connectivity index (χ1n) is 5.56. The second-order valence-electron chi connectivity index (χ2n) is 4.03. The largest absolute Gasteiger partial charge is 0.484 e. The number of urea groups is 1. The molecule has 0 fully saturated rings. The third-order valence-corrected chi connectivity index (χ3v) is 1.92. The molecule has 0 saturated carbocycles. The third-order valence-electron chi connectivity index (χ3n) is 1.92. The fourth-order valence-corrected chi connectivity index (χ4v) is 1.17. The fourth-order valence-electron chi connectivity index (χ4n) is 1.17. The summed E-state index contributed by atoms with van der Waals surface area (Å²) in [6.07, 6.45) is 0. The molecule has 6 heteroatoms. The van der Waals surface area contributed by atoms with Gasteiger partial charge in [-0.3, -0.25) is 10.1 Å². The molecule has 1 aromatic carbocycles. The zero-order valence-electron chi connectivity index (χ0n) is 10.4. The van der Waals surface area contributed by atoms with Crippen molar-refractivity contribution in [2.24, 2.45) is 0 Å². The van der Waals surface area contributed by atoms with E-state index in [2.05, 4.69) is 10.6 Å². The van der Waals surface area contributed by atoms with E-state index >= 15 is 0 Å². The van der Waals surface area contributed by atoms with Gasteiger partial charge in [0.2, 0.25) is 0 Å². The molecule has 0 aliphatic rings. The van der Waals surface area contributed by atoms with Crippen molar-refractivity contribution in [3.63, 3.8) is 0 Å². The summed E-state index contributed by atoms with van der Waals surface area (Å²) in [7, 11) is 0. The molecule has 98 valence electrons. The van der Waals surface area contributed by atoms with Crippen molar-refractivity contribution in [1.82, 2.24) is 10.6 Å². The van der Waals surface area contributed by atoms with Gasteiger partial charge in [0.15, 0.2) is 6.61 Å². The zero-order chi connectivity index (χ0) is 13.5. The average molecular weight is 251 g/mol. The van der Waals surface area contributed by atoms with Gasteiger partial charge in [-0.05, 0) is 38.1 Å². The fraction of sp³-hybridized carbons (Fsp3) is 0.333. The molecule has 0 heterocycles. The number of anilines is 1. The van der Waals surface area contributed by atoms with Gasteiger partial charge in [0.25, 0.3) is 5.91 Å². The molecule has 3 amide bonds. The van der Waals surface area contributed by atoms with Crippen molar-refractivity contribution in [1.29, 1.82) is 0 Å². The maximum atomic E-state index is 11.4. The molecule has 1 aromatic rings. The molecule has 6 nitrogen and oxygen atoms in total. The van der Waals surface area contributed by atoms with Gasteiger partial charge in [0, 0.05) is 11.7 Å². The summed E-state index contributed by atoms with van der Waals surface area (Å²) >= 11 is 0. The summed E-state index contributed by atoms with van der Waals surface area (Å²) < 4.78 is 5.18. The lowest BCUT2D eigenvalue weighted by molar-refractivity contribution is -0.122. The highest BCUT2D eigenvalue weighted by Gasteiger charge is 2.08. The lowest BCUT2D eigenvalue weighted by Gasteiger charge is -2.10. The minimum absolute atomic E-state index is 0.0317. The number of imide groups is 1. The molecule has 0 atom stereocenters. The Bertz CT molecular complexity index is 415. The number of rotatable bonds is 4. The molecule has 0 radical (unpaired) electrons. The van der Waals surface area contributed by atoms with E-state index in [1.807, 2.05) is 0 Å². The highest BCUT2D eigenvalue weighted by atomic mass is 16.5. The molecular weight excluding hydrogens is 234 g/mol. The van der Waals surface area contributed by atoms with Gasteiger partial charge in [-0.25, -0.2) is 4.79 Å². The number of hydrogen-bond acceptors (Lipinski definition) is 4. The van der Waals surface area contributed by atoms with Crippen LogP contribution < -0.4 is 21.1 Å². The number of carbonyl (C=O) groups is 2. The molecule has 0 bridgehead atoms. The lowest BCUT2D eigenvalue weighted by atomic mass is 10.3. The summed E-state index contributed by atoms with van der Waals surface area (Å²) in [5.74, 6) is 0.00796. The number of nitrogens with one attached hydrogen (secondary N) is 2. The number of ether oxygens (including phenoxy) is 1. The van der Waals surface area contributed by atoms with E-state index < -0.39 is 11.9 Å². The summed E-state index contributed by atoms with van der Waals surface area (Å²) in [5, 5.41) is 4.69. The minimum Gasteiger partial charge on any atom is -0.484 e. The van der Waals surface area contributed by atoms with Crippen LogP contribution in [-0.4, -0.2) is 24.6 Å². The molecule has 0 saturated heterocycles. The molecule has 4 N–H and O–H groups in total. The van der Waals surface area contributed by atoms with E-state index in [0.29, 0.717) is 11.4 Å². The first kappa shape index (κ1) is 13.8. The maximum Gasteiger partial charge on any atom is 0.321 e. The Morgan fingerprint density at radius 1 is 1.28 bits per heavy atom. The summed E-state index contributed by atoms with van der Waals surface area (Å²) in [6.45, 7) is 3.37. The molecule has 0 aliphatic carbocycles. The Morgan fingerprint density at radius 3 is 2.44 bits per heavy atom. The number of hydrogen-bond donors (Lipinski definition) is 3. The smallest absolute Gasteiger partial charge is 0.321 e. The zero-order valence-corrected chi connectivity index (χ0v) is 10.4. The normalized spacial score (nSPS) is 9.94. The van der Waals surface area contributed by atoms with Gasteiger partial charge < -0.3 is 15.8 Å². The quantitative estimate of drug-likeness (QED) is 0.692. The van der Waals surface area contributed by atoms with Gasteiger partial charge in [0.05, 0.1) is 0 Å². The maximum absolute atomic E-state index is 11.4. The van der Waals surface area contributed by atoms with Crippen molar-refractivity contribution in [3.8, 4) is 5.75 Å². The van der Waals surface area contributed by atoms with Crippen LogP contribution in [0.25, 0.3) is 0 Å². The molecule has 1 rings (SSSR count). The highest BCUT2D eigenvalue weighted by Crippen LogP contribution is 2.12. The van der Waals surface area contributed by atoms with Gasteiger partial charge >= 0.3 is 6.03 Å². The van der Waals surface area contributed by atoms with Crippen molar-refractivity contribution >= 4 is 17.6 Å². The second kappa shape index (κ2) is 6.48. The van der Waals surface area contributed by atoms with Crippen molar-refractivity contribution in [2.45, 2.75) is 19.9 Å². The predicted molar refractivity (Wildman–Crippen MR) is 68.2 cm³/mol. The molecular formula is C12H17N3O3. The van der Waals surface area contributed by atoms with E-state index in [-0.39, 0.29) is 12.6 Å². The summed E-state index contributed by atoms with van der Waals surface area (Å²) in [4.78, 5) is 22.6. The number of benzene rings is 1. The Labute approximate surface area is 105 Å². The monoisotopic (exact) mass is 251 g/mol. The van der Waals surface area contributed by atoms with E-state index in [1.54, 1.807) is 38.1 Å². The van der Waals surface area contributed by atoms with E-state index in [4.69, 9.17) is 10.5 Å². The topological polar surface area (TPSA) is 93.5 Å². The average Bonchev–Trinajstić information content (AvgIpc) is 2.27. The first-order valence-corrected chi connectivity index (χ1v) is 5.56. The predicted octanol–water partition coefficient (Wildman–Crippen LogP) is 0.882. The van der Waals surface area contributed by atoms with Crippen LogP contribution in [0.4, 0.5) is 10.5 Å². The van der Waals surface area contributed by atoms with Crippen molar-refractivity contribution in [2.75, 3.05) is 12.3 Å². The standard InChI is InChI=1S/C12H17N3O3/c1-8(2)14-12(17)15-11(16)7-18-10-5-3-9(13)4-6-10/h3-6,8H,7,13H2,1-2H3,(H2,14,15,16,17). The van der Waals surface area contributed by atoms with Crippen LogP contribution in [0.5, 0.6) is 5.75 Å². The second-order valence-corrected chi connectivity index (χ2v) is 4.03. The van der Waals surface area contributed by atoms with Gasteiger partial charge in [-0.2, -0.15) is 0 Å². The molecule has 0 spiro atoms. The van der Waals surface area contributed by atoms with Crippen LogP contribution in [0, 0.1) is 0 Å². The Morgan fingerprint density at radius 2 is 1.89 bits per heavy atom. The minimum atomic E-state index is -0.532. The first-order chi connectivity index (χ1) is 8.47. The van der Waals surface area contributed by atoms with Crippen molar-refractivity contribution in [3.05, 3.63) is 24.3 Å². The summed E-state index contributed by atoms with van der Waals surface area (Å²) in [6, 6.07) is 6.07. The molecule has 0 unspecified atom stereocenters. The van der Waals surface area contributed by atoms with Crippen LogP contribution in [-0.2, 0) is 4.79 Å². The van der Waals surface area contributed by atoms with Crippen molar-refractivity contribution < 1.29 is 14.3 Å². The van der Waals surface area contributed by atoms with Crippen LogP contribution in [0.3, 0.4) is 0 Å². The SMILES string of the molecule is CC(C)NC(=O)NC(=O)COc1ccc(N)cc1. The van der Waals surface area contributed by atoms with E-state index in [0.717, 1.165) is 0 Å². The number of amides is 3. The Hall–Kier alpha value is -2.24. The Kier molecular flexibility index (Phi) is 4.98. The van der Waals surface area contributed by atoms with Gasteiger partial charge in [-0.15, -0.1) is 0 Å². The van der Waals surface area contributed by atoms with Crippen LogP contribution in [0.1, 0.15) is 13.8 Å². The Balaban J connectivity index is 2.33. The van der Waals surface area contributed by atoms with Crippen LogP contribution >= 0.6 is 0 Å². The van der Waals surface area contributed by atoms with E-state index in [9.17, 15) is 9.59 Å². The van der Waals surface area contributed by atoms with Gasteiger partial charge in [0.1, 0.15) is 5.75 Å². The lowest BCUT2D eigenvalue weighted by Crippen LogP contribution is -2.44. The number of nitrogens with two attached hydrogens (primary N) is 1. The molecule has 18 heavy (non-hydrogen) atoms. The third kappa shape index (κ3) is 5.20. The van der Waals surface area contributed by atoms with E-state index in [1.165, 1.54) is 0 Å². The number of nitrogen functional groups attached to an aromatic ring is 1. The summed E-state index contributed by atoms with van der Waals surface area (Å²) in [5.41, 5.74) is 6.12.